The molecule has 2 aliphatic heterocycles. The molecule has 2 saturated heterocycles. The number of piperidine rings is 1. The van der Waals surface area contributed by atoms with Crippen LogP contribution in [0.15, 0.2) is 17.0 Å². The summed E-state index contributed by atoms with van der Waals surface area (Å²) in [7, 11) is -4.21. The van der Waals surface area contributed by atoms with E-state index in [0.717, 1.165) is 18.9 Å². The molecule has 4 nitrogen and oxygen atoms in total. The minimum atomic E-state index is -4.21. The molecule has 2 fully saturated rings. The van der Waals surface area contributed by atoms with Gasteiger partial charge in [-0.2, -0.15) is 0 Å². The van der Waals surface area contributed by atoms with E-state index >= 15 is 0 Å². The van der Waals surface area contributed by atoms with E-state index in [4.69, 9.17) is 0 Å². The highest BCUT2D eigenvalue weighted by Gasteiger charge is 2.36. The van der Waals surface area contributed by atoms with Crippen LogP contribution in [0.5, 0.6) is 0 Å². The summed E-state index contributed by atoms with van der Waals surface area (Å²) >= 11 is 0. The molecular formula is C13H15F3N2O2S. The second-order valence-electron chi connectivity index (χ2n) is 5.60. The highest BCUT2D eigenvalue weighted by molar-refractivity contribution is 7.89. The van der Waals surface area contributed by atoms with Gasteiger partial charge in [-0.15, -0.1) is 0 Å². The van der Waals surface area contributed by atoms with Crippen molar-refractivity contribution in [2.75, 3.05) is 0 Å². The zero-order chi connectivity index (χ0) is 15.2. The summed E-state index contributed by atoms with van der Waals surface area (Å²) in [6.45, 7) is 0. The van der Waals surface area contributed by atoms with Gasteiger partial charge in [0.05, 0.1) is 0 Å². The minimum Gasteiger partial charge on any atom is -0.311 e. The van der Waals surface area contributed by atoms with Crippen LogP contribution in [0.3, 0.4) is 0 Å². The Labute approximate surface area is 120 Å². The zero-order valence-corrected chi connectivity index (χ0v) is 11.9. The Morgan fingerprint density at radius 3 is 2.29 bits per heavy atom. The summed E-state index contributed by atoms with van der Waals surface area (Å²) in [5.74, 6) is -4.87. The maximum absolute atomic E-state index is 13.6. The van der Waals surface area contributed by atoms with E-state index in [1.54, 1.807) is 0 Å². The molecule has 0 aliphatic carbocycles. The van der Waals surface area contributed by atoms with Crippen LogP contribution in [0.1, 0.15) is 25.7 Å². The molecule has 8 heteroatoms. The van der Waals surface area contributed by atoms with Crippen LogP contribution in [0, 0.1) is 17.5 Å². The summed E-state index contributed by atoms with van der Waals surface area (Å²) in [5, 5.41) is 3.36. The third-order valence-electron chi connectivity index (χ3n) is 4.08. The first-order chi connectivity index (χ1) is 9.87. The van der Waals surface area contributed by atoms with Crippen molar-refractivity contribution in [2.24, 2.45) is 0 Å². The summed E-state index contributed by atoms with van der Waals surface area (Å²) in [5.41, 5.74) is 0. The maximum Gasteiger partial charge on any atom is 0.243 e. The van der Waals surface area contributed by atoms with Crippen molar-refractivity contribution in [3.05, 3.63) is 29.6 Å². The van der Waals surface area contributed by atoms with Gasteiger partial charge in [-0.1, -0.05) is 0 Å². The molecule has 2 N–H and O–H groups in total. The van der Waals surface area contributed by atoms with Crippen molar-refractivity contribution in [1.82, 2.24) is 10.0 Å². The minimum absolute atomic E-state index is 0.256. The lowest BCUT2D eigenvalue weighted by atomic mass is 10.0. The van der Waals surface area contributed by atoms with Crippen LogP contribution < -0.4 is 10.0 Å². The van der Waals surface area contributed by atoms with E-state index in [1.807, 2.05) is 0 Å². The van der Waals surface area contributed by atoms with Crippen molar-refractivity contribution < 1.29 is 21.6 Å². The largest absolute Gasteiger partial charge is 0.311 e. The third-order valence-corrected chi connectivity index (χ3v) is 5.62. The van der Waals surface area contributed by atoms with Gasteiger partial charge in [-0.25, -0.2) is 26.3 Å². The summed E-state index contributed by atoms with van der Waals surface area (Å²) in [6.07, 6.45) is 3.20. The maximum atomic E-state index is 13.6. The predicted octanol–water partition coefficient (Wildman–Crippen LogP) is 1.67. The van der Waals surface area contributed by atoms with Crippen molar-refractivity contribution in [3.63, 3.8) is 0 Å². The van der Waals surface area contributed by atoms with Crippen LogP contribution in [-0.4, -0.2) is 26.5 Å². The Morgan fingerprint density at radius 2 is 1.67 bits per heavy atom. The Morgan fingerprint density at radius 1 is 1.05 bits per heavy atom. The normalized spacial score (nSPS) is 28.8. The fourth-order valence-electron chi connectivity index (χ4n) is 3.15. The smallest absolute Gasteiger partial charge is 0.243 e. The van der Waals surface area contributed by atoms with Crippen LogP contribution in [0.2, 0.25) is 0 Å². The molecule has 2 heterocycles. The topological polar surface area (TPSA) is 58.2 Å². The Bertz CT molecular complexity index is 654. The van der Waals surface area contributed by atoms with Gasteiger partial charge in [0, 0.05) is 18.1 Å². The van der Waals surface area contributed by atoms with Gasteiger partial charge in [-0.3, -0.25) is 0 Å². The lowest BCUT2D eigenvalue weighted by molar-refractivity contribution is 0.344. The Balaban J connectivity index is 1.83. The lowest BCUT2D eigenvalue weighted by Gasteiger charge is -2.29. The van der Waals surface area contributed by atoms with Crippen molar-refractivity contribution in [2.45, 2.75) is 48.7 Å². The van der Waals surface area contributed by atoms with Crippen LogP contribution in [0.4, 0.5) is 13.2 Å². The van der Waals surface area contributed by atoms with E-state index in [1.165, 1.54) is 0 Å². The molecule has 2 aliphatic rings. The number of hydrogen-bond acceptors (Lipinski definition) is 3. The summed E-state index contributed by atoms with van der Waals surface area (Å²) in [4.78, 5) is -0.854. The summed E-state index contributed by atoms with van der Waals surface area (Å²) in [6, 6.07) is 1.55. The molecular weight excluding hydrogens is 305 g/mol. The zero-order valence-electron chi connectivity index (χ0n) is 11.1. The lowest BCUT2D eigenvalue weighted by Crippen LogP contribution is -2.48. The highest BCUT2D eigenvalue weighted by atomic mass is 32.2. The molecule has 0 aromatic heterocycles. The number of hydrogen-bond donors (Lipinski definition) is 2. The third kappa shape index (κ3) is 2.79. The summed E-state index contributed by atoms with van der Waals surface area (Å²) < 4.78 is 66.4. The number of sulfonamides is 1. The van der Waals surface area contributed by atoms with Crippen LogP contribution in [0.25, 0.3) is 0 Å². The van der Waals surface area contributed by atoms with Crippen LogP contribution >= 0.6 is 0 Å². The molecule has 2 unspecified atom stereocenters. The van der Waals surface area contributed by atoms with Crippen LogP contribution in [-0.2, 0) is 10.0 Å². The van der Waals surface area contributed by atoms with Gasteiger partial charge in [0.2, 0.25) is 10.0 Å². The molecule has 116 valence electrons. The van der Waals surface area contributed by atoms with E-state index in [0.29, 0.717) is 18.9 Å². The van der Waals surface area contributed by atoms with E-state index in [-0.39, 0.29) is 18.1 Å². The number of rotatable bonds is 3. The van der Waals surface area contributed by atoms with Gasteiger partial charge in [0.1, 0.15) is 4.90 Å². The first-order valence-electron chi connectivity index (χ1n) is 6.78. The quantitative estimate of drug-likeness (QED) is 0.833. The molecule has 0 spiro atoms. The number of halogens is 3. The standard InChI is InChI=1S/C13H15F3N2O2S/c14-10-3-4-11(13(16)12(10)15)21(19,20)18-9-5-7-1-2-8(6-9)17-7/h3-4,7-9,17-18H,1-2,5-6H2. The Kier molecular flexibility index (Phi) is 3.71. The van der Waals surface area contributed by atoms with E-state index in [2.05, 4.69) is 10.0 Å². The molecule has 1 aromatic rings. The molecule has 0 amide bonds. The SMILES string of the molecule is O=S(=O)(NC1CC2CCC(C1)N2)c1ccc(F)c(F)c1F. The average Bonchev–Trinajstić information content (AvgIpc) is 2.74. The van der Waals surface area contributed by atoms with E-state index in [9.17, 15) is 21.6 Å². The molecule has 2 atom stereocenters. The first kappa shape index (κ1) is 14.8. The van der Waals surface area contributed by atoms with E-state index < -0.39 is 32.4 Å². The van der Waals surface area contributed by atoms with Gasteiger partial charge in [0.25, 0.3) is 0 Å². The molecule has 1 aromatic carbocycles. The van der Waals surface area contributed by atoms with Crippen molar-refractivity contribution in [3.8, 4) is 0 Å². The highest BCUT2D eigenvalue weighted by Crippen LogP contribution is 2.28. The Hall–Kier alpha value is -1.12. The molecule has 0 radical (unpaired) electrons. The average molecular weight is 320 g/mol. The molecule has 3 rings (SSSR count). The fourth-order valence-corrected chi connectivity index (χ4v) is 4.48. The molecule has 0 saturated carbocycles. The monoisotopic (exact) mass is 320 g/mol. The van der Waals surface area contributed by atoms with Crippen molar-refractivity contribution >= 4 is 10.0 Å². The second-order valence-corrected chi connectivity index (χ2v) is 7.28. The molecule has 21 heavy (non-hydrogen) atoms. The predicted molar refractivity (Wildman–Crippen MR) is 69.6 cm³/mol. The fraction of sp³-hybridized carbons (Fsp3) is 0.538. The van der Waals surface area contributed by atoms with Crippen molar-refractivity contribution in [1.29, 1.82) is 0 Å². The molecule has 2 bridgehead atoms. The number of nitrogens with one attached hydrogen (secondary N) is 2. The van der Waals surface area contributed by atoms with Gasteiger partial charge < -0.3 is 5.32 Å². The number of fused-ring (bicyclic) bond motifs is 2. The van der Waals surface area contributed by atoms with Gasteiger partial charge >= 0.3 is 0 Å². The second kappa shape index (κ2) is 5.26. The van der Waals surface area contributed by atoms with Gasteiger partial charge in [-0.05, 0) is 37.8 Å². The number of benzene rings is 1. The first-order valence-corrected chi connectivity index (χ1v) is 8.27. The van der Waals surface area contributed by atoms with Gasteiger partial charge in [0.15, 0.2) is 17.5 Å².